The molecule has 0 saturated carbocycles. The molecule has 0 saturated heterocycles. The number of carbonyl (C=O) groups is 4. The second kappa shape index (κ2) is 12.4. The Morgan fingerprint density at radius 2 is 1.67 bits per heavy atom. The Balaban J connectivity index is 1.63. The minimum Gasteiger partial charge on any atom is -0.344 e. The summed E-state index contributed by atoms with van der Waals surface area (Å²) < 4.78 is 27.0. The van der Waals surface area contributed by atoms with Gasteiger partial charge in [0, 0.05) is 23.2 Å². The Kier molecular flexibility index (Phi) is 8.89. The monoisotopic (exact) mass is 575 g/mol. The average molecular weight is 576 g/mol. The van der Waals surface area contributed by atoms with E-state index in [9.17, 15) is 28.0 Å². The first-order valence-corrected chi connectivity index (χ1v) is 13.3. The van der Waals surface area contributed by atoms with Crippen molar-refractivity contribution in [3.63, 3.8) is 0 Å². The van der Waals surface area contributed by atoms with E-state index >= 15 is 0 Å². The topological polar surface area (TPSA) is 121 Å². The summed E-state index contributed by atoms with van der Waals surface area (Å²) in [5.41, 5.74) is 1.12. The number of aromatic nitrogens is 1. The molecule has 1 unspecified atom stereocenters. The molecule has 1 aromatic heterocycles. The normalized spacial score (nSPS) is 15.7. The fourth-order valence-electron chi connectivity index (χ4n) is 4.29. The number of halogens is 2. The van der Waals surface area contributed by atoms with Gasteiger partial charge in [-0.2, -0.15) is 0 Å². The summed E-state index contributed by atoms with van der Waals surface area (Å²) in [6.07, 6.45) is -0.246. The van der Waals surface area contributed by atoms with Gasteiger partial charge in [-0.05, 0) is 42.8 Å². The van der Waals surface area contributed by atoms with Gasteiger partial charge < -0.3 is 15.5 Å². The van der Waals surface area contributed by atoms with Crippen LogP contribution in [-0.4, -0.2) is 53.0 Å². The number of benzodiazepines with no additional fused rings is 1. The van der Waals surface area contributed by atoms with E-state index in [1.54, 1.807) is 69.4 Å². The van der Waals surface area contributed by atoms with E-state index in [1.165, 1.54) is 11.8 Å². The molecule has 0 fully saturated rings. The number of hydrogen-bond acceptors (Lipinski definition) is 6. The fourth-order valence-corrected chi connectivity index (χ4v) is 4.29. The van der Waals surface area contributed by atoms with Crippen LogP contribution in [0.4, 0.5) is 14.5 Å². The van der Waals surface area contributed by atoms with Crippen molar-refractivity contribution in [3.8, 4) is 0 Å². The van der Waals surface area contributed by atoms with Crippen LogP contribution in [0.15, 0.2) is 71.9 Å². The molecule has 2 aromatic carbocycles. The summed E-state index contributed by atoms with van der Waals surface area (Å²) in [6, 6.07) is 13.8. The van der Waals surface area contributed by atoms with Crippen molar-refractivity contribution in [1.29, 1.82) is 0 Å². The third-order valence-corrected chi connectivity index (χ3v) is 6.59. The number of nitrogens with zero attached hydrogens (tertiary/aromatic N) is 3. The minimum atomic E-state index is -1.45. The van der Waals surface area contributed by atoms with Crippen LogP contribution >= 0.6 is 0 Å². The van der Waals surface area contributed by atoms with E-state index in [0.717, 1.165) is 12.1 Å². The second-order valence-corrected chi connectivity index (χ2v) is 11.0. The Morgan fingerprint density at radius 3 is 2.31 bits per heavy atom. The van der Waals surface area contributed by atoms with Gasteiger partial charge in [0.1, 0.15) is 17.7 Å². The van der Waals surface area contributed by atoms with Crippen molar-refractivity contribution in [3.05, 3.63) is 95.3 Å². The van der Waals surface area contributed by atoms with Gasteiger partial charge in [0.25, 0.3) is 5.91 Å². The average Bonchev–Trinajstić information content (AvgIpc) is 3.03. The Morgan fingerprint density at radius 1 is 1.00 bits per heavy atom. The van der Waals surface area contributed by atoms with Gasteiger partial charge in [-0.1, -0.05) is 45.0 Å². The highest BCUT2D eigenvalue weighted by Gasteiger charge is 2.36. The molecule has 2 atom stereocenters. The lowest BCUT2D eigenvalue weighted by atomic mass is 9.90. The van der Waals surface area contributed by atoms with E-state index in [4.69, 9.17) is 0 Å². The molecule has 0 bridgehead atoms. The highest BCUT2D eigenvalue weighted by atomic mass is 19.1. The fraction of sp³-hybridized carbons (Fsp3) is 0.290. The zero-order valence-electron chi connectivity index (χ0n) is 23.7. The van der Waals surface area contributed by atoms with Crippen molar-refractivity contribution in [1.82, 2.24) is 15.6 Å². The maximum absolute atomic E-state index is 13.9. The van der Waals surface area contributed by atoms with Crippen molar-refractivity contribution in [2.75, 3.05) is 11.4 Å². The van der Waals surface area contributed by atoms with Gasteiger partial charge in [0.2, 0.25) is 18.0 Å². The number of rotatable bonds is 8. The standard InChI is InChI=1S/C31H31F2N5O4/c1-18(35-26(40)15-19-13-20(32)16-21(33)14-19)29(41)37-28-30(42)38(17-25(39)31(2,3)4)24-11-6-5-9-22(24)27(36-28)23-10-7-8-12-34-23/h5-14,16,18,28H,15,17H2,1-4H3,(H,35,40)(H,37,41)/t18-,28?/m0/s1. The zero-order valence-corrected chi connectivity index (χ0v) is 23.7. The molecule has 218 valence electrons. The maximum atomic E-state index is 13.9. The van der Waals surface area contributed by atoms with Crippen LogP contribution in [0, 0.1) is 17.0 Å². The largest absolute Gasteiger partial charge is 0.344 e. The summed E-state index contributed by atoms with van der Waals surface area (Å²) in [6.45, 7) is 6.40. The number of fused-ring (bicyclic) bond motifs is 1. The Labute approximate surface area is 242 Å². The summed E-state index contributed by atoms with van der Waals surface area (Å²) in [5.74, 6) is -3.89. The first-order valence-electron chi connectivity index (χ1n) is 13.3. The molecule has 0 aliphatic carbocycles. The summed E-state index contributed by atoms with van der Waals surface area (Å²) in [4.78, 5) is 63.0. The third-order valence-electron chi connectivity index (χ3n) is 6.59. The first-order chi connectivity index (χ1) is 19.8. The van der Waals surface area contributed by atoms with Gasteiger partial charge >= 0.3 is 0 Å². The molecule has 0 spiro atoms. The van der Waals surface area contributed by atoms with Crippen molar-refractivity contribution >= 4 is 34.9 Å². The molecule has 3 aromatic rings. The van der Waals surface area contributed by atoms with Crippen LogP contribution in [0.5, 0.6) is 0 Å². The number of ketones is 1. The van der Waals surface area contributed by atoms with Gasteiger partial charge in [0.15, 0.2) is 5.78 Å². The predicted molar refractivity (Wildman–Crippen MR) is 153 cm³/mol. The highest BCUT2D eigenvalue weighted by Crippen LogP contribution is 2.29. The number of benzene rings is 2. The number of pyridine rings is 1. The van der Waals surface area contributed by atoms with Crippen molar-refractivity contribution in [2.45, 2.75) is 46.3 Å². The second-order valence-electron chi connectivity index (χ2n) is 11.0. The molecule has 42 heavy (non-hydrogen) atoms. The first kappa shape index (κ1) is 30.2. The molecule has 4 rings (SSSR count). The zero-order chi connectivity index (χ0) is 30.6. The van der Waals surface area contributed by atoms with Crippen LogP contribution in [0.25, 0.3) is 0 Å². The smallest absolute Gasteiger partial charge is 0.272 e. The molecule has 2 heterocycles. The SMILES string of the molecule is C[C@H](NC(=O)Cc1cc(F)cc(F)c1)C(=O)NC1N=C(c2ccccn2)c2ccccc2N(CC(=O)C(C)(C)C)C1=O. The molecule has 1 aliphatic heterocycles. The van der Waals surface area contributed by atoms with E-state index in [0.29, 0.717) is 28.7 Å². The molecule has 2 N–H and O–H groups in total. The molecule has 1 aliphatic rings. The number of aliphatic imine (C=N–C) groups is 1. The molecular weight excluding hydrogens is 544 g/mol. The quantitative estimate of drug-likeness (QED) is 0.427. The number of para-hydroxylation sites is 1. The van der Waals surface area contributed by atoms with Crippen molar-refractivity contribution in [2.24, 2.45) is 10.4 Å². The summed E-state index contributed by atoms with van der Waals surface area (Å²) in [7, 11) is 0. The lowest BCUT2D eigenvalue weighted by molar-refractivity contribution is -0.131. The maximum Gasteiger partial charge on any atom is 0.272 e. The summed E-state index contributed by atoms with van der Waals surface area (Å²) >= 11 is 0. The number of Topliss-reactive ketones (excluding diaryl/α,β-unsaturated/α-hetero) is 1. The predicted octanol–water partition coefficient (Wildman–Crippen LogP) is 3.35. The lowest BCUT2D eigenvalue weighted by Gasteiger charge is -2.28. The molecule has 11 heteroatoms. The van der Waals surface area contributed by atoms with Gasteiger partial charge in [-0.15, -0.1) is 0 Å². The Bertz CT molecular complexity index is 1530. The van der Waals surface area contributed by atoms with Crippen LogP contribution in [0.1, 0.15) is 44.5 Å². The van der Waals surface area contributed by atoms with Gasteiger partial charge in [-0.3, -0.25) is 24.2 Å². The minimum absolute atomic E-state index is 0.0954. The van der Waals surface area contributed by atoms with E-state index in [2.05, 4.69) is 20.6 Å². The van der Waals surface area contributed by atoms with Crippen LogP contribution < -0.4 is 15.5 Å². The van der Waals surface area contributed by atoms with Crippen LogP contribution in [0.3, 0.4) is 0 Å². The summed E-state index contributed by atoms with van der Waals surface area (Å²) in [5, 5.41) is 5.06. The number of hydrogen-bond donors (Lipinski definition) is 2. The van der Waals surface area contributed by atoms with Crippen molar-refractivity contribution < 1.29 is 28.0 Å². The highest BCUT2D eigenvalue weighted by molar-refractivity contribution is 6.20. The number of amides is 3. The van der Waals surface area contributed by atoms with E-state index < -0.39 is 47.0 Å². The molecule has 9 nitrogen and oxygen atoms in total. The molecule has 0 radical (unpaired) electrons. The van der Waals surface area contributed by atoms with Gasteiger partial charge in [0.05, 0.1) is 30.1 Å². The molecule has 3 amide bonds. The number of anilines is 1. The number of carbonyl (C=O) groups excluding carboxylic acids is 4. The van der Waals surface area contributed by atoms with Crippen LogP contribution in [-0.2, 0) is 25.6 Å². The third kappa shape index (κ3) is 7.09. The van der Waals surface area contributed by atoms with E-state index in [1.807, 2.05) is 0 Å². The van der Waals surface area contributed by atoms with Gasteiger partial charge in [-0.25, -0.2) is 13.8 Å². The van der Waals surface area contributed by atoms with E-state index in [-0.39, 0.29) is 24.3 Å². The molecular formula is C31H31F2N5O4. The van der Waals surface area contributed by atoms with Crippen LogP contribution in [0.2, 0.25) is 0 Å². The number of nitrogens with one attached hydrogen (secondary N) is 2. The lowest BCUT2D eigenvalue weighted by Crippen LogP contribution is -2.54. The Hall–Kier alpha value is -4.80.